The Labute approximate surface area is 139 Å². The normalized spacial score (nSPS) is 49.9. The van der Waals surface area contributed by atoms with E-state index in [1.54, 1.807) is 0 Å². The van der Waals surface area contributed by atoms with Gasteiger partial charge in [0, 0.05) is 11.3 Å². The van der Waals surface area contributed by atoms with E-state index < -0.39 is 11.4 Å². The average Bonchev–Trinajstić information content (AvgIpc) is 2.50. The maximum atomic E-state index is 13.0. The van der Waals surface area contributed by atoms with Crippen molar-refractivity contribution in [2.45, 2.75) is 65.7 Å². The number of carboxylic acid groups (broad SMARTS) is 1. The van der Waals surface area contributed by atoms with Crippen LogP contribution in [-0.4, -0.2) is 16.9 Å². The van der Waals surface area contributed by atoms with E-state index in [0.29, 0.717) is 11.7 Å². The van der Waals surface area contributed by atoms with Crippen molar-refractivity contribution >= 4 is 11.8 Å². The molecule has 0 aromatic rings. The molecular weight excluding hydrogens is 288 g/mol. The summed E-state index contributed by atoms with van der Waals surface area (Å²) < 4.78 is 0. The minimum atomic E-state index is -0.648. The molecule has 0 heterocycles. The molecular formula is C20H30O3. The van der Waals surface area contributed by atoms with Crippen LogP contribution in [0.2, 0.25) is 0 Å². The Morgan fingerprint density at radius 1 is 1.17 bits per heavy atom. The van der Waals surface area contributed by atoms with Gasteiger partial charge in [-0.2, -0.15) is 0 Å². The van der Waals surface area contributed by atoms with Gasteiger partial charge in [0.2, 0.25) is 0 Å². The third-order valence-corrected chi connectivity index (χ3v) is 7.89. The number of Topliss-reactive ketones (excluding diaryl/α,β-unsaturated/α-hetero) is 1. The summed E-state index contributed by atoms with van der Waals surface area (Å²) in [5, 5.41) is 9.84. The van der Waals surface area contributed by atoms with E-state index in [1.807, 2.05) is 19.9 Å². The van der Waals surface area contributed by atoms with E-state index in [4.69, 9.17) is 0 Å². The van der Waals surface area contributed by atoms with Gasteiger partial charge in [0.1, 0.15) is 5.78 Å². The SMILES string of the molecule is C=CC1(C)CCC2C(CCC3C(C)(C(=O)O)CCCC23C)C1=O. The topological polar surface area (TPSA) is 54.4 Å². The van der Waals surface area contributed by atoms with Crippen molar-refractivity contribution in [2.75, 3.05) is 0 Å². The highest BCUT2D eigenvalue weighted by molar-refractivity contribution is 5.89. The van der Waals surface area contributed by atoms with Crippen molar-refractivity contribution in [2.24, 2.45) is 34.0 Å². The predicted octanol–water partition coefficient (Wildman–Crippen LogP) is 4.47. The molecule has 6 unspecified atom stereocenters. The number of rotatable bonds is 2. The molecule has 3 heteroatoms. The van der Waals surface area contributed by atoms with E-state index in [2.05, 4.69) is 13.5 Å². The summed E-state index contributed by atoms with van der Waals surface area (Å²) in [5.41, 5.74) is -1.01. The molecule has 3 aliphatic rings. The van der Waals surface area contributed by atoms with Crippen LogP contribution in [0.15, 0.2) is 12.7 Å². The van der Waals surface area contributed by atoms with Crippen molar-refractivity contribution in [1.29, 1.82) is 0 Å². The smallest absolute Gasteiger partial charge is 0.309 e. The highest BCUT2D eigenvalue weighted by Gasteiger charge is 2.61. The van der Waals surface area contributed by atoms with E-state index in [0.717, 1.165) is 44.9 Å². The molecule has 0 aromatic heterocycles. The lowest BCUT2D eigenvalue weighted by molar-refractivity contribution is -0.175. The van der Waals surface area contributed by atoms with Gasteiger partial charge in [-0.25, -0.2) is 0 Å². The monoisotopic (exact) mass is 318 g/mol. The molecule has 3 aliphatic carbocycles. The fourth-order valence-electron chi connectivity index (χ4n) is 6.32. The molecule has 3 rings (SSSR count). The predicted molar refractivity (Wildman–Crippen MR) is 89.9 cm³/mol. The van der Waals surface area contributed by atoms with Crippen LogP contribution in [-0.2, 0) is 9.59 Å². The molecule has 6 atom stereocenters. The minimum Gasteiger partial charge on any atom is -0.481 e. The van der Waals surface area contributed by atoms with Crippen LogP contribution >= 0.6 is 0 Å². The average molecular weight is 318 g/mol. The summed E-state index contributed by atoms with van der Waals surface area (Å²) in [4.78, 5) is 25.0. The van der Waals surface area contributed by atoms with Gasteiger partial charge in [0.05, 0.1) is 5.41 Å². The summed E-state index contributed by atoms with van der Waals surface area (Å²) >= 11 is 0. The number of carbonyl (C=O) groups excluding carboxylic acids is 1. The van der Waals surface area contributed by atoms with Gasteiger partial charge in [0.25, 0.3) is 0 Å². The number of hydrogen-bond acceptors (Lipinski definition) is 2. The lowest BCUT2D eigenvalue weighted by Crippen LogP contribution is -2.58. The number of ketones is 1. The third-order valence-electron chi connectivity index (χ3n) is 7.89. The first-order valence-electron chi connectivity index (χ1n) is 9.10. The third kappa shape index (κ3) is 2.15. The fraction of sp³-hybridized carbons (Fsp3) is 0.800. The Bertz CT molecular complexity index is 553. The first-order chi connectivity index (χ1) is 10.7. The molecule has 0 bridgehead atoms. The van der Waals surface area contributed by atoms with Crippen LogP contribution in [0.4, 0.5) is 0 Å². The molecule has 3 nitrogen and oxygen atoms in total. The van der Waals surface area contributed by atoms with Gasteiger partial charge in [-0.3, -0.25) is 9.59 Å². The lowest BCUT2D eigenvalue weighted by Gasteiger charge is -2.60. The van der Waals surface area contributed by atoms with Crippen LogP contribution < -0.4 is 0 Å². The fourth-order valence-corrected chi connectivity index (χ4v) is 6.32. The van der Waals surface area contributed by atoms with E-state index >= 15 is 0 Å². The summed E-state index contributed by atoms with van der Waals surface area (Å²) in [5.74, 6) is 0.351. The van der Waals surface area contributed by atoms with Crippen molar-refractivity contribution in [3.05, 3.63) is 12.7 Å². The zero-order valence-electron chi connectivity index (χ0n) is 14.7. The van der Waals surface area contributed by atoms with E-state index in [9.17, 15) is 14.7 Å². The van der Waals surface area contributed by atoms with Gasteiger partial charge in [0.15, 0.2) is 0 Å². The van der Waals surface area contributed by atoms with Crippen molar-refractivity contribution in [3.63, 3.8) is 0 Å². The summed E-state index contributed by atoms with van der Waals surface area (Å²) in [6.07, 6.45) is 8.27. The van der Waals surface area contributed by atoms with E-state index in [1.165, 1.54) is 0 Å². The van der Waals surface area contributed by atoms with Gasteiger partial charge in [-0.1, -0.05) is 19.4 Å². The molecule has 3 saturated carbocycles. The molecule has 3 fully saturated rings. The zero-order chi connectivity index (χ0) is 17.0. The summed E-state index contributed by atoms with van der Waals surface area (Å²) in [7, 11) is 0. The first-order valence-corrected chi connectivity index (χ1v) is 9.10. The van der Waals surface area contributed by atoms with Crippen molar-refractivity contribution in [3.8, 4) is 0 Å². The Kier molecular flexibility index (Phi) is 3.77. The second-order valence-corrected chi connectivity index (χ2v) is 8.95. The van der Waals surface area contributed by atoms with E-state index in [-0.39, 0.29) is 22.7 Å². The number of carbonyl (C=O) groups is 2. The van der Waals surface area contributed by atoms with Crippen LogP contribution in [0.25, 0.3) is 0 Å². The minimum absolute atomic E-state index is 0.00747. The molecule has 0 spiro atoms. The highest BCUT2D eigenvalue weighted by atomic mass is 16.4. The maximum Gasteiger partial charge on any atom is 0.309 e. The van der Waals surface area contributed by atoms with Gasteiger partial charge < -0.3 is 5.11 Å². The van der Waals surface area contributed by atoms with Crippen LogP contribution in [0.1, 0.15) is 65.7 Å². The van der Waals surface area contributed by atoms with Gasteiger partial charge >= 0.3 is 5.97 Å². The molecule has 0 radical (unpaired) electrons. The Morgan fingerprint density at radius 3 is 2.48 bits per heavy atom. The zero-order valence-corrected chi connectivity index (χ0v) is 14.7. The summed E-state index contributed by atoms with van der Waals surface area (Å²) in [6.45, 7) is 10.1. The number of allylic oxidation sites excluding steroid dienone is 1. The largest absolute Gasteiger partial charge is 0.481 e. The van der Waals surface area contributed by atoms with Crippen molar-refractivity contribution in [1.82, 2.24) is 0 Å². The Balaban J connectivity index is 1.97. The Morgan fingerprint density at radius 2 is 1.87 bits per heavy atom. The van der Waals surface area contributed by atoms with Crippen LogP contribution in [0.3, 0.4) is 0 Å². The summed E-state index contributed by atoms with van der Waals surface area (Å²) in [6, 6.07) is 0. The molecule has 128 valence electrons. The van der Waals surface area contributed by atoms with Gasteiger partial charge in [-0.05, 0) is 69.6 Å². The lowest BCUT2D eigenvalue weighted by atomic mass is 9.43. The number of aliphatic carboxylic acids is 1. The number of carboxylic acids is 1. The molecule has 0 amide bonds. The first kappa shape index (κ1) is 16.7. The molecule has 1 N–H and O–H groups in total. The molecule has 23 heavy (non-hydrogen) atoms. The quantitative estimate of drug-likeness (QED) is 0.765. The number of fused-ring (bicyclic) bond motifs is 3. The molecule has 0 saturated heterocycles. The van der Waals surface area contributed by atoms with Crippen LogP contribution in [0, 0.1) is 34.0 Å². The van der Waals surface area contributed by atoms with Crippen molar-refractivity contribution < 1.29 is 14.7 Å². The standard InChI is InChI=1S/C20H30O3/c1-5-18(2)12-9-14-13(16(18)21)7-8-15-19(14,3)10-6-11-20(15,4)17(22)23/h5,13-15H,1,6-12H2,2-4H3,(H,22,23). The highest BCUT2D eigenvalue weighted by Crippen LogP contribution is 2.64. The second kappa shape index (κ2) is 5.19. The maximum absolute atomic E-state index is 13.0. The molecule has 0 aliphatic heterocycles. The second-order valence-electron chi connectivity index (χ2n) is 8.95. The Hall–Kier alpha value is -1.12. The van der Waals surface area contributed by atoms with Gasteiger partial charge in [-0.15, -0.1) is 6.58 Å². The number of hydrogen-bond donors (Lipinski definition) is 1. The molecule has 0 aromatic carbocycles. The van der Waals surface area contributed by atoms with Crippen LogP contribution in [0.5, 0.6) is 0 Å².